The van der Waals surface area contributed by atoms with Gasteiger partial charge in [0.2, 0.25) is 0 Å². The van der Waals surface area contributed by atoms with Crippen molar-refractivity contribution in [1.29, 1.82) is 0 Å². The molecule has 0 aliphatic carbocycles. The third-order valence-electron chi connectivity index (χ3n) is 3.13. The standard InChI is InChI=1S/C14H14N2O2S2/c1-2-4-12-11(3-1)15-13(19-7-9-5-17-9)14(16-12)20-8-10-6-18-10/h1-4,9-10H,5-8H2. The molecule has 20 heavy (non-hydrogen) atoms. The van der Waals surface area contributed by atoms with Crippen LogP contribution in [0.3, 0.4) is 0 Å². The maximum atomic E-state index is 5.27. The zero-order valence-electron chi connectivity index (χ0n) is 10.8. The average Bonchev–Trinajstić information content (AvgIpc) is 3.37. The summed E-state index contributed by atoms with van der Waals surface area (Å²) in [4.78, 5) is 9.51. The molecule has 4 rings (SSSR count). The zero-order chi connectivity index (χ0) is 13.4. The normalized spacial score (nSPS) is 24.0. The van der Waals surface area contributed by atoms with Crippen molar-refractivity contribution in [3.63, 3.8) is 0 Å². The van der Waals surface area contributed by atoms with Crippen molar-refractivity contribution in [2.45, 2.75) is 22.3 Å². The van der Waals surface area contributed by atoms with E-state index in [2.05, 4.69) is 0 Å². The molecule has 2 aliphatic heterocycles. The van der Waals surface area contributed by atoms with Crippen LogP contribution in [0.1, 0.15) is 0 Å². The van der Waals surface area contributed by atoms with Crippen LogP contribution in [0.15, 0.2) is 34.3 Å². The summed E-state index contributed by atoms with van der Waals surface area (Å²) < 4.78 is 10.5. The highest BCUT2D eigenvalue weighted by Crippen LogP contribution is 2.33. The summed E-state index contributed by atoms with van der Waals surface area (Å²) in [6.45, 7) is 1.76. The molecular formula is C14H14N2O2S2. The first-order valence-electron chi connectivity index (χ1n) is 6.64. The number of hydrogen-bond acceptors (Lipinski definition) is 6. The molecule has 0 spiro atoms. The van der Waals surface area contributed by atoms with Gasteiger partial charge in [-0.2, -0.15) is 0 Å². The van der Waals surface area contributed by atoms with Gasteiger partial charge in [0.25, 0.3) is 0 Å². The van der Waals surface area contributed by atoms with Crippen molar-refractivity contribution in [2.24, 2.45) is 0 Å². The van der Waals surface area contributed by atoms with Crippen LogP contribution < -0.4 is 0 Å². The molecule has 1 aromatic carbocycles. The smallest absolute Gasteiger partial charge is 0.129 e. The third-order valence-corrected chi connectivity index (χ3v) is 5.45. The Morgan fingerprint density at radius 3 is 1.75 bits per heavy atom. The van der Waals surface area contributed by atoms with Crippen LogP contribution in [-0.2, 0) is 9.47 Å². The van der Waals surface area contributed by atoms with Crippen molar-refractivity contribution in [3.8, 4) is 0 Å². The van der Waals surface area contributed by atoms with Gasteiger partial charge in [0.05, 0.1) is 36.5 Å². The Labute approximate surface area is 125 Å². The number of ether oxygens (including phenoxy) is 2. The van der Waals surface area contributed by atoms with Crippen LogP contribution in [-0.4, -0.2) is 46.9 Å². The Hall–Kier alpha value is -0.820. The summed E-state index contributed by atoms with van der Waals surface area (Å²) in [5, 5.41) is 2.04. The molecule has 1 aromatic heterocycles. The molecule has 2 unspecified atom stereocenters. The van der Waals surface area contributed by atoms with Crippen molar-refractivity contribution in [3.05, 3.63) is 24.3 Å². The summed E-state index contributed by atoms with van der Waals surface area (Å²) >= 11 is 3.49. The Kier molecular flexibility index (Phi) is 3.56. The molecule has 2 fully saturated rings. The molecule has 3 heterocycles. The number of rotatable bonds is 6. The van der Waals surface area contributed by atoms with Gasteiger partial charge in [-0.15, -0.1) is 23.5 Å². The largest absolute Gasteiger partial charge is 0.372 e. The van der Waals surface area contributed by atoms with E-state index in [9.17, 15) is 0 Å². The highest BCUT2D eigenvalue weighted by Gasteiger charge is 2.26. The Morgan fingerprint density at radius 1 is 0.900 bits per heavy atom. The van der Waals surface area contributed by atoms with Crippen molar-refractivity contribution < 1.29 is 9.47 Å². The van der Waals surface area contributed by atoms with E-state index in [1.807, 2.05) is 24.3 Å². The zero-order valence-corrected chi connectivity index (χ0v) is 12.5. The second kappa shape index (κ2) is 5.52. The molecule has 0 radical (unpaired) electrons. The van der Waals surface area contributed by atoms with Gasteiger partial charge in [-0.05, 0) is 12.1 Å². The fraction of sp³-hybridized carbons (Fsp3) is 0.429. The lowest BCUT2D eigenvalue weighted by Crippen LogP contribution is -1.98. The highest BCUT2D eigenvalue weighted by atomic mass is 32.2. The first kappa shape index (κ1) is 12.9. The first-order chi connectivity index (χ1) is 9.88. The number of fused-ring (bicyclic) bond motifs is 1. The number of aromatic nitrogens is 2. The molecule has 2 saturated heterocycles. The van der Waals surface area contributed by atoms with Crippen molar-refractivity contribution in [2.75, 3.05) is 24.7 Å². The summed E-state index contributed by atoms with van der Waals surface area (Å²) in [6, 6.07) is 8.03. The minimum atomic E-state index is 0.401. The van der Waals surface area contributed by atoms with E-state index in [4.69, 9.17) is 19.4 Å². The maximum Gasteiger partial charge on any atom is 0.129 e. The maximum absolute atomic E-state index is 5.27. The van der Waals surface area contributed by atoms with Crippen LogP contribution in [0.2, 0.25) is 0 Å². The molecule has 0 N–H and O–H groups in total. The summed E-state index contributed by atoms with van der Waals surface area (Å²) in [6.07, 6.45) is 0.802. The van der Waals surface area contributed by atoms with Gasteiger partial charge < -0.3 is 9.47 Å². The highest BCUT2D eigenvalue weighted by molar-refractivity contribution is 8.02. The summed E-state index contributed by atoms with van der Waals surface area (Å²) in [5.74, 6) is 1.92. The van der Waals surface area contributed by atoms with Crippen molar-refractivity contribution in [1.82, 2.24) is 9.97 Å². The quantitative estimate of drug-likeness (QED) is 0.604. The molecule has 6 heteroatoms. The Bertz CT molecular complexity index is 575. The lowest BCUT2D eigenvalue weighted by Gasteiger charge is -2.08. The van der Waals surface area contributed by atoms with E-state index in [1.54, 1.807) is 23.5 Å². The molecule has 2 aromatic rings. The number of benzene rings is 1. The van der Waals surface area contributed by atoms with Crippen LogP contribution in [0.5, 0.6) is 0 Å². The van der Waals surface area contributed by atoms with E-state index in [0.717, 1.165) is 45.8 Å². The van der Waals surface area contributed by atoms with Gasteiger partial charge in [-0.25, -0.2) is 9.97 Å². The molecule has 0 bridgehead atoms. The second-order valence-electron chi connectivity index (χ2n) is 4.86. The van der Waals surface area contributed by atoms with E-state index < -0.39 is 0 Å². The number of para-hydroxylation sites is 2. The topological polar surface area (TPSA) is 50.8 Å². The van der Waals surface area contributed by atoms with Gasteiger partial charge in [-0.3, -0.25) is 0 Å². The number of epoxide rings is 2. The summed E-state index contributed by atoms with van der Waals surface area (Å²) in [7, 11) is 0. The number of nitrogens with zero attached hydrogens (tertiary/aromatic N) is 2. The van der Waals surface area contributed by atoms with E-state index >= 15 is 0 Å². The second-order valence-corrected chi connectivity index (χ2v) is 6.87. The van der Waals surface area contributed by atoms with E-state index in [-0.39, 0.29) is 0 Å². The van der Waals surface area contributed by atoms with E-state index in [1.165, 1.54) is 0 Å². The van der Waals surface area contributed by atoms with Gasteiger partial charge in [-0.1, -0.05) is 12.1 Å². The van der Waals surface area contributed by atoms with Gasteiger partial charge >= 0.3 is 0 Å². The van der Waals surface area contributed by atoms with Gasteiger partial charge in [0.1, 0.15) is 10.1 Å². The van der Waals surface area contributed by atoms with Crippen LogP contribution in [0, 0.1) is 0 Å². The van der Waals surface area contributed by atoms with E-state index in [0.29, 0.717) is 12.2 Å². The van der Waals surface area contributed by atoms with Crippen LogP contribution >= 0.6 is 23.5 Å². The number of thioether (sulfide) groups is 2. The summed E-state index contributed by atoms with van der Waals surface area (Å²) in [5.41, 5.74) is 1.91. The van der Waals surface area contributed by atoms with Crippen LogP contribution in [0.4, 0.5) is 0 Å². The fourth-order valence-corrected chi connectivity index (χ4v) is 3.92. The Balaban J connectivity index is 1.61. The molecule has 0 amide bonds. The Morgan fingerprint density at radius 2 is 1.35 bits per heavy atom. The van der Waals surface area contributed by atoms with Gasteiger partial charge in [0.15, 0.2) is 0 Å². The van der Waals surface area contributed by atoms with Crippen LogP contribution in [0.25, 0.3) is 11.0 Å². The molecular weight excluding hydrogens is 292 g/mol. The monoisotopic (exact) mass is 306 g/mol. The molecule has 2 atom stereocenters. The first-order valence-corrected chi connectivity index (χ1v) is 8.61. The fourth-order valence-electron chi connectivity index (χ4n) is 1.83. The number of hydrogen-bond donors (Lipinski definition) is 0. The van der Waals surface area contributed by atoms with Gasteiger partial charge in [0, 0.05) is 11.5 Å². The third kappa shape index (κ3) is 3.09. The lowest BCUT2D eigenvalue weighted by atomic mass is 10.3. The molecule has 0 saturated carbocycles. The lowest BCUT2D eigenvalue weighted by molar-refractivity contribution is 0.425. The minimum Gasteiger partial charge on any atom is -0.372 e. The SMILES string of the molecule is c1ccc2nc(SCC3CO3)c(SCC3CO3)nc2c1. The molecule has 104 valence electrons. The minimum absolute atomic E-state index is 0.401. The average molecular weight is 306 g/mol. The molecule has 4 nitrogen and oxygen atoms in total. The molecule has 2 aliphatic rings. The predicted octanol–water partition coefficient (Wildman–Crippen LogP) is 2.61. The predicted molar refractivity (Wildman–Crippen MR) is 80.5 cm³/mol. The van der Waals surface area contributed by atoms with Crippen molar-refractivity contribution >= 4 is 34.6 Å².